The number of hydrogen-bond acceptors (Lipinski definition) is 3. The van der Waals surface area contributed by atoms with Gasteiger partial charge in [-0.15, -0.1) is 5.10 Å². The summed E-state index contributed by atoms with van der Waals surface area (Å²) in [5.41, 5.74) is 4.02. The van der Waals surface area contributed by atoms with Crippen LogP contribution < -0.4 is 0 Å². The lowest BCUT2D eigenvalue weighted by Crippen LogP contribution is -2.25. The molecule has 4 heteroatoms. The highest BCUT2D eigenvalue weighted by molar-refractivity contribution is 5.96. The molecule has 0 aliphatic carbocycles. The Morgan fingerprint density at radius 2 is 1.91 bits per heavy atom. The van der Waals surface area contributed by atoms with Crippen LogP contribution in [0.5, 0.6) is 0 Å². The third kappa shape index (κ3) is 2.60. The average Bonchev–Trinajstić information content (AvgIpc) is 2.93. The van der Waals surface area contributed by atoms with E-state index in [-0.39, 0.29) is 5.91 Å². The highest BCUT2D eigenvalue weighted by Gasteiger charge is 2.33. The van der Waals surface area contributed by atoms with E-state index in [2.05, 4.69) is 5.10 Å². The quantitative estimate of drug-likeness (QED) is 0.850. The lowest BCUT2D eigenvalue weighted by atomic mass is 10.1. The monoisotopic (exact) mass is 294 g/mol. The number of nitrogens with zero attached hydrogens (tertiary/aromatic N) is 2. The van der Waals surface area contributed by atoms with Crippen molar-refractivity contribution in [2.24, 2.45) is 5.10 Å². The van der Waals surface area contributed by atoms with Gasteiger partial charge in [0.15, 0.2) is 0 Å². The molecular formula is C18H18N2O2. The Kier molecular flexibility index (Phi) is 3.67. The third-order valence-corrected chi connectivity index (χ3v) is 3.69. The van der Waals surface area contributed by atoms with Crippen molar-refractivity contribution in [3.8, 4) is 0 Å². The maximum Gasteiger partial charge on any atom is 0.243 e. The van der Waals surface area contributed by atoms with Crippen LogP contribution in [0.4, 0.5) is 0 Å². The average molecular weight is 294 g/mol. The second-order valence-corrected chi connectivity index (χ2v) is 5.47. The van der Waals surface area contributed by atoms with Crippen LogP contribution in [-0.2, 0) is 9.53 Å². The molecule has 1 atom stereocenters. The highest BCUT2D eigenvalue weighted by Crippen LogP contribution is 2.31. The number of ether oxygens (including phenoxy) is 1. The van der Waals surface area contributed by atoms with Gasteiger partial charge in [0, 0.05) is 18.1 Å². The maximum absolute atomic E-state index is 11.9. The highest BCUT2D eigenvalue weighted by atomic mass is 16.5. The van der Waals surface area contributed by atoms with Crippen LogP contribution in [0.15, 0.2) is 53.6 Å². The van der Waals surface area contributed by atoms with Crippen molar-refractivity contribution in [1.82, 2.24) is 5.01 Å². The molecule has 4 nitrogen and oxygen atoms in total. The first-order valence-electron chi connectivity index (χ1n) is 7.24. The fraction of sp³-hybridized carbons (Fsp3) is 0.222. The molecule has 0 radical (unpaired) electrons. The number of carbonyl (C=O) groups excluding carboxylic acids is 1. The maximum atomic E-state index is 11.9. The van der Waals surface area contributed by atoms with Gasteiger partial charge in [-0.05, 0) is 31.5 Å². The third-order valence-electron chi connectivity index (χ3n) is 3.69. The van der Waals surface area contributed by atoms with Crippen molar-refractivity contribution in [2.45, 2.75) is 27.0 Å². The molecule has 0 spiro atoms. The van der Waals surface area contributed by atoms with Gasteiger partial charge in [-0.2, -0.15) is 5.01 Å². The number of hydrogen-bond donors (Lipinski definition) is 0. The summed E-state index contributed by atoms with van der Waals surface area (Å²) in [5.74, 6) is 0.336. The number of carbonyl (C=O) groups is 1. The second-order valence-electron chi connectivity index (χ2n) is 5.47. The SMILES string of the molecule is CC(=O)N1N=C(c2cccc(C)c2)O[C@H]1c1ccccc1C. The summed E-state index contributed by atoms with van der Waals surface area (Å²) in [7, 11) is 0. The fourth-order valence-corrected chi connectivity index (χ4v) is 2.53. The lowest BCUT2D eigenvalue weighted by Gasteiger charge is -2.20. The van der Waals surface area contributed by atoms with Crippen LogP contribution >= 0.6 is 0 Å². The molecule has 2 aromatic rings. The topological polar surface area (TPSA) is 41.9 Å². The molecule has 0 saturated carbocycles. The van der Waals surface area contributed by atoms with Crippen molar-refractivity contribution < 1.29 is 9.53 Å². The minimum absolute atomic E-state index is 0.143. The molecule has 0 bridgehead atoms. The summed E-state index contributed by atoms with van der Waals surface area (Å²) in [4.78, 5) is 11.9. The fourth-order valence-electron chi connectivity index (χ4n) is 2.53. The molecule has 0 saturated heterocycles. The van der Waals surface area contributed by atoms with E-state index in [1.54, 1.807) is 0 Å². The Morgan fingerprint density at radius 3 is 2.59 bits per heavy atom. The van der Waals surface area contributed by atoms with E-state index in [0.29, 0.717) is 5.90 Å². The molecule has 1 amide bonds. The molecule has 1 aliphatic rings. The van der Waals surface area contributed by atoms with Crippen LogP contribution in [0, 0.1) is 13.8 Å². The Bertz CT molecular complexity index is 752. The van der Waals surface area contributed by atoms with E-state index in [1.807, 2.05) is 62.4 Å². The van der Waals surface area contributed by atoms with Crippen LogP contribution in [0.25, 0.3) is 0 Å². The summed E-state index contributed by atoms with van der Waals surface area (Å²) >= 11 is 0. The first-order chi connectivity index (χ1) is 10.6. The van der Waals surface area contributed by atoms with Crippen LogP contribution in [0.2, 0.25) is 0 Å². The van der Waals surface area contributed by atoms with Gasteiger partial charge >= 0.3 is 0 Å². The first kappa shape index (κ1) is 14.3. The predicted octanol–water partition coefficient (Wildman–Crippen LogP) is 3.54. The minimum atomic E-state index is -0.505. The summed E-state index contributed by atoms with van der Waals surface area (Å²) in [6.07, 6.45) is -0.505. The normalized spacial score (nSPS) is 17.1. The zero-order chi connectivity index (χ0) is 15.7. The van der Waals surface area contributed by atoms with E-state index in [1.165, 1.54) is 11.9 Å². The zero-order valence-corrected chi connectivity index (χ0v) is 12.9. The van der Waals surface area contributed by atoms with Gasteiger partial charge in [-0.1, -0.05) is 42.0 Å². The summed E-state index contributed by atoms with van der Waals surface area (Å²) in [6.45, 7) is 5.51. The summed E-state index contributed by atoms with van der Waals surface area (Å²) in [6, 6.07) is 15.8. The summed E-state index contributed by atoms with van der Waals surface area (Å²) < 4.78 is 6.00. The van der Waals surface area contributed by atoms with Gasteiger partial charge in [0.25, 0.3) is 0 Å². The Labute approximate surface area is 130 Å². The molecule has 1 aliphatic heterocycles. The van der Waals surface area contributed by atoms with Crippen molar-refractivity contribution >= 4 is 11.8 Å². The number of rotatable bonds is 2. The van der Waals surface area contributed by atoms with Crippen molar-refractivity contribution in [3.63, 3.8) is 0 Å². The molecule has 0 aromatic heterocycles. The molecule has 0 unspecified atom stereocenters. The largest absolute Gasteiger partial charge is 0.446 e. The van der Waals surface area contributed by atoms with Gasteiger partial charge in [0.05, 0.1) is 0 Å². The smallest absolute Gasteiger partial charge is 0.243 e. The second kappa shape index (κ2) is 5.64. The summed E-state index contributed by atoms with van der Waals surface area (Å²) in [5, 5.41) is 5.78. The predicted molar refractivity (Wildman–Crippen MR) is 85.2 cm³/mol. The molecule has 1 heterocycles. The molecule has 22 heavy (non-hydrogen) atoms. The van der Waals surface area contributed by atoms with Crippen LogP contribution in [-0.4, -0.2) is 16.8 Å². The lowest BCUT2D eigenvalue weighted by molar-refractivity contribution is -0.135. The minimum Gasteiger partial charge on any atom is -0.446 e. The number of benzene rings is 2. The van der Waals surface area contributed by atoms with Gasteiger partial charge in [-0.25, -0.2) is 0 Å². The molecule has 0 N–H and O–H groups in total. The Morgan fingerprint density at radius 1 is 1.14 bits per heavy atom. The van der Waals surface area contributed by atoms with E-state index < -0.39 is 6.23 Å². The standard InChI is InChI=1S/C18H18N2O2/c1-12-7-6-9-15(11-12)17-19-20(14(3)21)18(22-17)16-10-5-4-8-13(16)2/h4-11,18H,1-3H3/t18-/m0/s1. The van der Waals surface area contributed by atoms with Gasteiger partial charge in [0.1, 0.15) is 0 Å². The molecule has 3 rings (SSSR count). The van der Waals surface area contributed by atoms with Gasteiger partial charge in [-0.3, -0.25) is 4.79 Å². The van der Waals surface area contributed by atoms with Crippen molar-refractivity contribution in [1.29, 1.82) is 0 Å². The van der Waals surface area contributed by atoms with Crippen molar-refractivity contribution in [3.05, 3.63) is 70.8 Å². The van der Waals surface area contributed by atoms with Crippen LogP contribution in [0.1, 0.15) is 35.4 Å². The van der Waals surface area contributed by atoms with E-state index >= 15 is 0 Å². The molecule has 2 aromatic carbocycles. The molecule has 0 fully saturated rings. The van der Waals surface area contributed by atoms with Crippen LogP contribution in [0.3, 0.4) is 0 Å². The first-order valence-corrected chi connectivity index (χ1v) is 7.24. The molecular weight excluding hydrogens is 276 g/mol. The van der Waals surface area contributed by atoms with Gasteiger partial charge < -0.3 is 4.74 Å². The van der Waals surface area contributed by atoms with Crippen molar-refractivity contribution in [2.75, 3.05) is 0 Å². The van der Waals surface area contributed by atoms with E-state index in [4.69, 9.17) is 4.74 Å². The Hall–Kier alpha value is -2.62. The number of amides is 1. The van der Waals surface area contributed by atoms with E-state index in [9.17, 15) is 4.79 Å². The molecule has 112 valence electrons. The van der Waals surface area contributed by atoms with E-state index in [0.717, 1.165) is 22.3 Å². The number of aryl methyl sites for hydroxylation is 2. The van der Waals surface area contributed by atoms with Gasteiger partial charge in [0.2, 0.25) is 18.0 Å². The zero-order valence-electron chi connectivity index (χ0n) is 12.9. The Balaban J connectivity index is 1.99. The number of hydrazone groups is 1.